The van der Waals surface area contributed by atoms with Crippen LogP contribution in [0.5, 0.6) is 0 Å². The molecule has 1 aliphatic carbocycles. The van der Waals surface area contributed by atoms with Gasteiger partial charge in [-0.2, -0.15) is 0 Å². The average Bonchev–Trinajstić information content (AvgIpc) is 2.70. The number of halogens is 1. The quantitative estimate of drug-likeness (QED) is 0.805. The smallest absolute Gasteiger partial charge is 0.319 e. The molecule has 5 heteroatoms. The molecule has 1 aliphatic rings. The first-order valence-electron chi connectivity index (χ1n) is 6.39. The van der Waals surface area contributed by atoms with Gasteiger partial charge in [-0.3, -0.25) is 4.79 Å². The lowest BCUT2D eigenvalue weighted by atomic mass is 9.69. The SMILES string of the molecule is CCOC(=O)C1(c2nc3cc(Cl)ccc3s2)CCC1. The van der Waals surface area contributed by atoms with Crippen LogP contribution in [0.1, 0.15) is 31.2 Å². The Hall–Kier alpha value is -1.13. The molecule has 1 saturated carbocycles. The summed E-state index contributed by atoms with van der Waals surface area (Å²) >= 11 is 7.55. The number of rotatable bonds is 3. The number of hydrogen-bond donors (Lipinski definition) is 0. The van der Waals surface area contributed by atoms with E-state index in [1.807, 2.05) is 25.1 Å². The summed E-state index contributed by atoms with van der Waals surface area (Å²) in [6.07, 6.45) is 2.72. The Morgan fingerprint density at radius 1 is 1.53 bits per heavy atom. The van der Waals surface area contributed by atoms with Gasteiger partial charge in [-0.05, 0) is 38.0 Å². The van der Waals surface area contributed by atoms with Gasteiger partial charge in [-0.15, -0.1) is 11.3 Å². The molecular formula is C14H14ClNO2S. The summed E-state index contributed by atoms with van der Waals surface area (Å²) in [5.74, 6) is -0.133. The Kier molecular flexibility index (Phi) is 3.23. The Bertz CT molecular complexity index is 633. The van der Waals surface area contributed by atoms with Crippen molar-refractivity contribution in [3.63, 3.8) is 0 Å². The molecule has 0 N–H and O–H groups in total. The minimum absolute atomic E-state index is 0.133. The highest BCUT2D eigenvalue weighted by Gasteiger charge is 2.49. The van der Waals surface area contributed by atoms with Crippen LogP contribution in [0.2, 0.25) is 5.02 Å². The fourth-order valence-electron chi connectivity index (χ4n) is 2.41. The number of benzene rings is 1. The van der Waals surface area contributed by atoms with E-state index < -0.39 is 5.41 Å². The number of nitrogens with zero attached hydrogens (tertiary/aromatic N) is 1. The number of aromatic nitrogens is 1. The average molecular weight is 296 g/mol. The molecule has 0 bridgehead atoms. The number of thiazole rings is 1. The molecule has 0 saturated heterocycles. The minimum atomic E-state index is -0.508. The van der Waals surface area contributed by atoms with Crippen molar-refractivity contribution in [2.75, 3.05) is 6.61 Å². The van der Waals surface area contributed by atoms with E-state index in [0.29, 0.717) is 11.6 Å². The minimum Gasteiger partial charge on any atom is -0.465 e. The summed E-state index contributed by atoms with van der Waals surface area (Å²) in [5, 5.41) is 1.54. The fraction of sp³-hybridized carbons (Fsp3) is 0.429. The molecule has 1 aromatic carbocycles. The molecular weight excluding hydrogens is 282 g/mol. The summed E-state index contributed by atoms with van der Waals surface area (Å²) in [5.41, 5.74) is 0.356. The molecule has 100 valence electrons. The lowest BCUT2D eigenvalue weighted by molar-refractivity contribution is -0.153. The molecule has 19 heavy (non-hydrogen) atoms. The highest BCUT2D eigenvalue weighted by molar-refractivity contribution is 7.18. The predicted octanol–water partition coefficient (Wildman–Crippen LogP) is 3.93. The molecule has 1 heterocycles. The van der Waals surface area contributed by atoms with Crippen LogP contribution in [0.3, 0.4) is 0 Å². The molecule has 0 unspecified atom stereocenters. The zero-order chi connectivity index (χ0) is 13.5. The summed E-state index contributed by atoms with van der Waals surface area (Å²) < 4.78 is 6.29. The van der Waals surface area contributed by atoms with Crippen LogP contribution < -0.4 is 0 Å². The number of esters is 1. The van der Waals surface area contributed by atoms with Crippen LogP contribution >= 0.6 is 22.9 Å². The van der Waals surface area contributed by atoms with E-state index in [9.17, 15) is 4.79 Å². The molecule has 3 rings (SSSR count). The van der Waals surface area contributed by atoms with Crippen LogP contribution in [0.4, 0.5) is 0 Å². The zero-order valence-corrected chi connectivity index (χ0v) is 12.2. The first-order chi connectivity index (χ1) is 9.15. The first kappa shape index (κ1) is 12.9. The van der Waals surface area contributed by atoms with E-state index in [0.717, 1.165) is 34.5 Å². The number of hydrogen-bond acceptors (Lipinski definition) is 4. The molecule has 0 radical (unpaired) electrons. The highest BCUT2D eigenvalue weighted by atomic mass is 35.5. The van der Waals surface area contributed by atoms with Gasteiger partial charge in [-0.1, -0.05) is 18.0 Å². The third-order valence-corrected chi connectivity index (χ3v) is 5.11. The van der Waals surface area contributed by atoms with E-state index >= 15 is 0 Å². The second-order valence-corrected chi connectivity index (χ2v) is 6.25. The predicted molar refractivity (Wildman–Crippen MR) is 76.8 cm³/mol. The monoisotopic (exact) mass is 295 g/mol. The van der Waals surface area contributed by atoms with Gasteiger partial charge in [0.15, 0.2) is 0 Å². The zero-order valence-electron chi connectivity index (χ0n) is 10.6. The second kappa shape index (κ2) is 4.76. The van der Waals surface area contributed by atoms with Gasteiger partial charge >= 0.3 is 5.97 Å². The van der Waals surface area contributed by atoms with E-state index in [-0.39, 0.29) is 5.97 Å². The maximum absolute atomic E-state index is 12.2. The van der Waals surface area contributed by atoms with Crippen molar-refractivity contribution >= 4 is 39.1 Å². The van der Waals surface area contributed by atoms with E-state index in [4.69, 9.17) is 16.3 Å². The lowest BCUT2D eigenvalue weighted by Crippen LogP contribution is -2.43. The first-order valence-corrected chi connectivity index (χ1v) is 7.59. The summed E-state index contributed by atoms with van der Waals surface area (Å²) in [6, 6.07) is 5.65. The molecule has 1 fully saturated rings. The highest BCUT2D eigenvalue weighted by Crippen LogP contribution is 2.47. The van der Waals surface area contributed by atoms with Gasteiger partial charge in [0.2, 0.25) is 0 Å². The van der Waals surface area contributed by atoms with Gasteiger partial charge in [0.05, 0.1) is 16.8 Å². The van der Waals surface area contributed by atoms with Crippen LogP contribution in [0, 0.1) is 0 Å². The van der Waals surface area contributed by atoms with Crippen LogP contribution in [0.15, 0.2) is 18.2 Å². The topological polar surface area (TPSA) is 39.2 Å². The summed E-state index contributed by atoms with van der Waals surface area (Å²) in [6.45, 7) is 2.25. The number of ether oxygens (including phenoxy) is 1. The van der Waals surface area contributed by atoms with E-state index in [1.165, 1.54) is 0 Å². The largest absolute Gasteiger partial charge is 0.465 e. The molecule has 0 spiro atoms. The number of fused-ring (bicyclic) bond motifs is 1. The summed E-state index contributed by atoms with van der Waals surface area (Å²) in [7, 11) is 0. The Morgan fingerprint density at radius 3 is 2.95 bits per heavy atom. The Morgan fingerprint density at radius 2 is 2.32 bits per heavy atom. The normalized spacial score (nSPS) is 17.2. The van der Waals surface area contributed by atoms with Crippen molar-refractivity contribution in [2.45, 2.75) is 31.6 Å². The van der Waals surface area contributed by atoms with Gasteiger partial charge in [0.1, 0.15) is 10.4 Å². The van der Waals surface area contributed by atoms with E-state index in [2.05, 4.69) is 4.98 Å². The Labute approximate surface area is 120 Å². The third kappa shape index (κ3) is 2.03. The third-order valence-electron chi connectivity index (χ3n) is 3.63. The van der Waals surface area contributed by atoms with Gasteiger partial charge in [0.25, 0.3) is 0 Å². The van der Waals surface area contributed by atoms with Crippen molar-refractivity contribution in [1.82, 2.24) is 4.98 Å². The molecule has 1 aromatic heterocycles. The molecule has 3 nitrogen and oxygen atoms in total. The lowest BCUT2D eigenvalue weighted by Gasteiger charge is -2.37. The van der Waals surface area contributed by atoms with Crippen molar-refractivity contribution < 1.29 is 9.53 Å². The molecule has 0 atom stereocenters. The van der Waals surface area contributed by atoms with Crippen molar-refractivity contribution in [1.29, 1.82) is 0 Å². The van der Waals surface area contributed by atoms with Gasteiger partial charge in [-0.25, -0.2) is 4.98 Å². The van der Waals surface area contributed by atoms with Crippen LogP contribution in [0.25, 0.3) is 10.2 Å². The van der Waals surface area contributed by atoms with Gasteiger partial charge in [0, 0.05) is 5.02 Å². The Balaban J connectivity index is 2.04. The van der Waals surface area contributed by atoms with Gasteiger partial charge < -0.3 is 4.74 Å². The van der Waals surface area contributed by atoms with Crippen LogP contribution in [-0.2, 0) is 14.9 Å². The fourth-order valence-corrected chi connectivity index (χ4v) is 3.76. The molecule has 0 aliphatic heterocycles. The second-order valence-electron chi connectivity index (χ2n) is 4.79. The van der Waals surface area contributed by atoms with Crippen molar-refractivity contribution in [3.05, 3.63) is 28.2 Å². The molecule has 0 amide bonds. The van der Waals surface area contributed by atoms with Crippen molar-refractivity contribution in [2.24, 2.45) is 0 Å². The standard InChI is InChI=1S/C14H14ClNO2S/c1-2-18-13(17)14(6-3-7-14)12-16-10-8-9(15)4-5-11(10)19-12/h4-5,8H,2-3,6-7H2,1H3. The summed E-state index contributed by atoms with van der Waals surface area (Å²) in [4.78, 5) is 16.8. The van der Waals surface area contributed by atoms with Crippen molar-refractivity contribution in [3.8, 4) is 0 Å². The maximum atomic E-state index is 12.2. The van der Waals surface area contributed by atoms with E-state index in [1.54, 1.807) is 11.3 Å². The maximum Gasteiger partial charge on any atom is 0.319 e. The number of carbonyl (C=O) groups excluding carboxylic acids is 1. The number of carbonyl (C=O) groups is 1. The van der Waals surface area contributed by atoms with Crippen LogP contribution in [-0.4, -0.2) is 17.6 Å². The molecule has 2 aromatic rings.